The molecule has 0 amide bonds. The minimum atomic E-state index is -0.656. The van der Waals surface area contributed by atoms with Gasteiger partial charge in [0.1, 0.15) is 5.54 Å². The molecule has 0 aromatic carbocycles. The molecule has 0 fully saturated rings. The largest absolute Gasteiger partial charge is 0.468 e. The first-order valence-electron chi connectivity index (χ1n) is 6.95. The van der Waals surface area contributed by atoms with Gasteiger partial charge < -0.3 is 14.8 Å². The first-order valence-corrected chi connectivity index (χ1v) is 6.95. The fourth-order valence-corrected chi connectivity index (χ4v) is 1.92. The van der Waals surface area contributed by atoms with E-state index in [9.17, 15) is 4.79 Å². The van der Waals surface area contributed by atoms with E-state index in [0.717, 1.165) is 32.4 Å². The molecular formula is C14H29NO3. The Kier molecular flexibility index (Phi) is 9.02. The number of methoxy groups -OCH3 is 1. The molecule has 2 atom stereocenters. The molecule has 0 aromatic rings. The van der Waals surface area contributed by atoms with Crippen LogP contribution in [0.4, 0.5) is 0 Å². The van der Waals surface area contributed by atoms with Gasteiger partial charge in [-0.3, -0.25) is 4.79 Å². The number of unbranched alkanes of at least 4 members (excludes halogenated alkanes) is 1. The third-order valence-electron chi connectivity index (χ3n) is 3.00. The van der Waals surface area contributed by atoms with Gasteiger partial charge in [-0.15, -0.1) is 0 Å². The Morgan fingerprint density at radius 1 is 1.33 bits per heavy atom. The van der Waals surface area contributed by atoms with Crippen molar-refractivity contribution in [2.45, 2.75) is 65.0 Å². The van der Waals surface area contributed by atoms with E-state index < -0.39 is 5.54 Å². The van der Waals surface area contributed by atoms with E-state index in [1.165, 1.54) is 7.11 Å². The Hall–Kier alpha value is -0.610. The highest BCUT2D eigenvalue weighted by molar-refractivity contribution is 5.80. The highest BCUT2D eigenvalue weighted by Crippen LogP contribution is 2.17. The highest BCUT2D eigenvalue weighted by atomic mass is 16.5. The van der Waals surface area contributed by atoms with E-state index in [-0.39, 0.29) is 12.1 Å². The van der Waals surface area contributed by atoms with Crippen LogP contribution < -0.4 is 5.32 Å². The minimum absolute atomic E-state index is 0.0463. The summed E-state index contributed by atoms with van der Waals surface area (Å²) in [6.07, 6.45) is 3.84. The molecule has 0 heterocycles. The maximum atomic E-state index is 11.9. The lowest BCUT2D eigenvalue weighted by atomic mass is 9.94. The van der Waals surface area contributed by atoms with Gasteiger partial charge >= 0.3 is 5.97 Å². The van der Waals surface area contributed by atoms with Gasteiger partial charge in [0.15, 0.2) is 0 Å². The summed E-state index contributed by atoms with van der Waals surface area (Å²) in [4.78, 5) is 11.9. The molecule has 2 unspecified atom stereocenters. The van der Waals surface area contributed by atoms with E-state index in [2.05, 4.69) is 19.2 Å². The number of carbonyl (C=O) groups is 1. The van der Waals surface area contributed by atoms with Gasteiger partial charge in [0.2, 0.25) is 0 Å². The van der Waals surface area contributed by atoms with E-state index in [4.69, 9.17) is 9.47 Å². The quantitative estimate of drug-likeness (QED) is 0.484. The average Bonchev–Trinajstić information content (AvgIpc) is 2.35. The van der Waals surface area contributed by atoms with E-state index in [0.29, 0.717) is 6.42 Å². The summed E-state index contributed by atoms with van der Waals surface area (Å²) in [6, 6.07) is 0. The van der Waals surface area contributed by atoms with Gasteiger partial charge in [-0.1, -0.05) is 20.3 Å². The average molecular weight is 259 g/mol. The van der Waals surface area contributed by atoms with Gasteiger partial charge in [-0.2, -0.15) is 0 Å². The molecule has 1 N–H and O–H groups in total. The zero-order chi connectivity index (χ0) is 14.0. The molecule has 0 aliphatic heterocycles. The summed E-state index contributed by atoms with van der Waals surface area (Å²) >= 11 is 0. The number of hydrogen-bond donors (Lipinski definition) is 1. The summed E-state index contributed by atoms with van der Waals surface area (Å²) in [5, 5.41) is 3.26. The first kappa shape index (κ1) is 17.4. The summed E-state index contributed by atoms with van der Waals surface area (Å²) in [5.74, 6) is -0.220. The predicted molar refractivity (Wildman–Crippen MR) is 73.7 cm³/mol. The smallest absolute Gasteiger partial charge is 0.325 e. The van der Waals surface area contributed by atoms with Crippen LogP contribution in [0.1, 0.15) is 53.4 Å². The Morgan fingerprint density at radius 2 is 2.00 bits per heavy atom. The lowest BCUT2D eigenvalue weighted by Gasteiger charge is -2.30. The molecular weight excluding hydrogens is 230 g/mol. The highest BCUT2D eigenvalue weighted by Gasteiger charge is 2.35. The maximum Gasteiger partial charge on any atom is 0.325 e. The number of nitrogens with one attached hydrogen (secondary N) is 1. The van der Waals surface area contributed by atoms with Gasteiger partial charge in [0.05, 0.1) is 13.2 Å². The van der Waals surface area contributed by atoms with Crippen molar-refractivity contribution in [2.75, 3.05) is 20.3 Å². The van der Waals surface area contributed by atoms with Gasteiger partial charge in [0.25, 0.3) is 0 Å². The molecule has 4 nitrogen and oxygen atoms in total. The maximum absolute atomic E-state index is 11.9. The van der Waals surface area contributed by atoms with Crippen molar-refractivity contribution in [2.24, 2.45) is 0 Å². The summed E-state index contributed by atoms with van der Waals surface area (Å²) in [7, 11) is 1.43. The number of esters is 1. The minimum Gasteiger partial charge on any atom is -0.468 e. The predicted octanol–water partition coefficient (Wildman–Crippen LogP) is 2.51. The lowest BCUT2D eigenvalue weighted by molar-refractivity contribution is -0.149. The zero-order valence-electron chi connectivity index (χ0n) is 12.5. The second-order valence-corrected chi connectivity index (χ2v) is 4.99. The Morgan fingerprint density at radius 3 is 2.50 bits per heavy atom. The fraction of sp³-hybridized carbons (Fsp3) is 0.929. The van der Waals surface area contributed by atoms with E-state index in [1.807, 2.05) is 13.8 Å². The SMILES string of the molecule is CCCCOC(C)CC(C)(NCCC)C(=O)OC. The molecule has 0 aliphatic rings. The van der Waals surface area contributed by atoms with Crippen molar-refractivity contribution >= 4 is 5.97 Å². The lowest BCUT2D eigenvalue weighted by Crippen LogP contribution is -2.52. The van der Waals surface area contributed by atoms with Crippen molar-refractivity contribution < 1.29 is 14.3 Å². The van der Waals surface area contributed by atoms with E-state index in [1.54, 1.807) is 0 Å². The molecule has 18 heavy (non-hydrogen) atoms. The second-order valence-electron chi connectivity index (χ2n) is 4.99. The Labute approximate surface area is 111 Å². The normalized spacial score (nSPS) is 16.1. The van der Waals surface area contributed by atoms with Crippen LogP contribution in [0.5, 0.6) is 0 Å². The van der Waals surface area contributed by atoms with Crippen LogP contribution in [-0.2, 0) is 14.3 Å². The van der Waals surface area contributed by atoms with Crippen LogP contribution in [0.2, 0.25) is 0 Å². The molecule has 0 rings (SSSR count). The number of hydrogen-bond acceptors (Lipinski definition) is 4. The van der Waals surface area contributed by atoms with Crippen molar-refractivity contribution in [3.05, 3.63) is 0 Å². The van der Waals surface area contributed by atoms with Gasteiger partial charge in [-0.25, -0.2) is 0 Å². The van der Waals surface area contributed by atoms with Gasteiger partial charge in [-0.05, 0) is 33.2 Å². The Balaban J connectivity index is 4.34. The standard InChI is InChI=1S/C14H29NO3/c1-6-8-10-18-12(3)11-14(4,13(16)17-5)15-9-7-2/h12,15H,6-11H2,1-5H3. The molecule has 0 aromatic heterocycles. The molecule has 0 bridgehead atoms. The summed E-state index contributed by atoms with van der Waals surface area (Å²) in [5.41, 5.74) is -0.656. The number of ether oxygens (including phenoxy) is 2. The van der Waals surface area contributed by atoms with Crippen LogP contribution >= 0.6 is 0 Å². The van der Waals surface area contributed by atoms with Crippen LogP contribution in [0.15, 0.2) is 0 Å². The molecule has 4 heteroatoms. The van der Waals surface area contributed by atoms with Crippen LogP contribution in [0.25, 0.3) is 0 Å². The van der Waals surface area contributed by atoms with Crippen molar-refractivity contribution in [3.8, 4) is 0 Å². The number of rotatable bonds is 10. The third kappa shape index (κ3) is 6.36. The van der Waals surface area contributed by atoms with Crippen LogP contribution in [-0.4, -0.2) is 37.9 Å². The third-order valence-corrected chi connectivity index (χ3v) is 3.00. The second kappa shape index (κ2) is 9.34. The Bertz CT molecular complexity index is 233. The molecule has 0 aliphatic carbocycles. The summed E-state index contributed by atoms with van der Waals surface area (Å²) in [6.45, 7) is 9.65. The van der Waals surface area contributed by atoms with Crippen LogP contribution in [0.3, 0.4) is 0 Å². The molecule has 0 saturated heterocycles. The molecule has 108 valence electrons. The summed E-state index contributed by atoms with van der Waals surface area (Å²) < 4.78 is 10.6. The van der Waals surface area contributed by atoms with Gasteiger partial charge in [0, 0.05) is 13.0 Å². The van der Waals surface area contributed by atoms with E-state index >= 15 is 0 Å². The van der Waals surface area contributed by atoms with Crippen molar-refractivity contribution in [3.63, 3.8) is 0 Å². The molecule has 0 saturated carbocycles. The zero-order valence-corrected chi connectivity index (χ0v) is 12.5. The van der Waals surface area contributed by atoms with Crippen molar-refractivity contribution in [1.82, 2.24) is 5.32 Å². The van der Waals surface area contributed by atoms with Crippen molar-refractivity contribution in [1.29, 1.82) is 0 Å². The van der Waals surface area contributed by atoms with Crippen LogP contribution in [0, 0.1) is 0 Å². The fourth-order valence-electron chi connectivity index (χ4n) is 1.92. The monoisotopic (exact) mass is 259 g/mol. The topological polar surface area (TPSA) is 47.6 Å². The molecule has 0 radical (unpaired) electrons. The number of carbonyl (C=O) groups excluding carboxylic acids is 1. The molecule has 0 spiro atoms. The first-order chi connectivity index (χ1) is 8.50.